The molecular formula is C23H30N4O2. The molecule has 6 heteroatoms. The first-order chi connectivity index (χ1) is 14.0. The van der Waals surface area contributed by atoms with Crippen LogP contribution >= 0.6 is 0 Å². The van der Waals surface area contributed by atoms with E-state index in [0.717, 1.165) is 22.6 Å². The maximum atomic E-state index is 12.7. The fraction of sp³-hybridized carbons (Fsp3) is 0.391. The minimum Gasteiger partial charge on any atom is -0.486 e. The average Bonchev–Trinajstić information content (AvgIpc) is 3.04. The first-order valence-corrected chi connectivity index (χ1v) is 10.0. The second-order valence-corrected chi connectivity index (χ2v) is 7.78. The Morgan fingerprint density at radius 1 is 1.10 bits per heavy atom. The standard InChI is InChI=1S/C23H30N4O2/c1-17(2)21(26(3)4)14-24-23(28)15-27-20-13-9-8-12-19(20)25-22(27)16-29-18-10-6-5-7-11-18/h5-13,17,21H,14-16H2,1-4H3,(H,24,28). The molecule has 2 aromatic carbocycles. The topological polar surface area (TPSA) is 59.4 Å². The molecule has 1 unspecified atom stereocenters. The SMILES string of the molecule is CC(C)C(CNC(=O)Cn1c(COc2ccccc2)nc2ccccc21)N(C)C. The van der Waals surface area contributed by atoms with Gasteiger partial charge in [0.25, 0.3) is 0 Å². The number of nitrogens with one attached hydrogen (secondary N) is 1. The molecule has 0 fully saturated rings. The van der Waals surface area contributed by atoms with Gasteiger partial charge in [0.15, 0.2) is 0 Å². The van der Waals surface area contributed by atoms with E-state index < -0.39 is 0 Å². The predicted molar refractivity (Wildman–Crippen MR) is 116 cm³/mol. The van der Waals surface area contributed by atoms with Gasteiger partial charge in [-0.3, -0.25) is 4.79 Å². The van der Waals surface area contributed by atoms with Crippen molar-refractivity contribution in [2.24, 2.45) is 5.92 Å². The van der Waals surface area contributed by atoms with Gasteiger partial charge in [-0.15, -0.1) is 0 Å². The van der Waals surface area contributed by atoms with Crippen LogP contribution in [0.3, 0.4) is 0 Å². The summed E-state index contributed by atoms with van der Waals surface area (Å²) in [6, 6.07) is 17.8. The molecule has 3 aromatic rings. The zero-order valence-electron chi connectivity index (χ0n) is 17.6. The van der Waals surface area contributed by atoms with Gasteiger partial charge < -0.3 is 19.5 Å². The van der Waals surface area contributed by atoms with Crippen molar-refractivity contribution in [3.05, 3.63) is 60.4 Å². The normalized spacial score (nSPS) is 12.5. The van der Waals surface area contributed by atoms with Gasteiger partial charge in [-0.2, -0.15) is 0 Å². The van der Waals surface area contributed by atoms with Crippen LogP contribution in [0.4, 0.5) is 0 Å². The second kappa shape index (κ2) is 9.56. The van der Waals surface area contributed by atoms with Crippen LogP contribution in [-0.2, 0) is 17.9 Å². The summed E-state index contributed by atoms with van der Waals surface area (Å²) in [5.74, 6) is 1.94. The smallest absolute Gasteiger partial charge is 0.240 e. The summed E-state index contributed by atoms with van der Waals surface area (Å²) in [4.78, 5) is 19.5. The first-order valence-electron chi connectivity index (χ1n) is 10.0. The molecule has 0 spiro atoms. The van der Waals surface area contributed by atoms with E-state index in [1.54, 1.807) is 0 Å². The molecule has 0 saturated carbocycles. The van der Waals surface area contributed by atoms with Crippen molar-refractivity contribution < 1.29 is 9.53 Å². The number of aromatic nitrogens is 2. The van der Waals surface area contributed by atoms with E-state index in [9.17, 15) is 4.79 Å². The van der Waals surface area contributed by atoms with Crippen LogP contribution in [0.25, 0.3) is 11.0 Å². The number of nitrogens with zero attached hydrogens (tertiary/aromatic N) is 3. The second-order valence-electron chi connectivity index (χ2n) is 7.78. The van der Waals surface area contributed by atoms with Crippen LogP contribution in [0.5, 0.6) is 5.75 Å². The Morgan fingerprint density at radius 2 is 1.79 bits per heavy atom. The number of hydrogen-bond acceptors (Lipinski definition) is 4. The van der Waals surface area contributed by atoms with E-state index in [2.05, 4.69) is 29.0 Å². The lowest BCUT2D eigenvalue weighted by molar-refractivity contribution is -0.121. The van der Waals surface area contributed by atoms with E-state index in [0.29, 0.717) is 25.1 Å². The number of carbonyl (C=O) groups is 1. The molecule has 6 nitrogen and oxygen atoms in total. The molecular weight excluding hydrogens is 364 g/mol. The van der Waals surface area contributed by atoms with E-state index in [1.807, 2.05) is 73.3 Å². The maximum absolute atomic E-state index is 12.7. The number of fused-ring (bicyclic) bond motifs is 1. The molecule has 0 aliphatic heterocycles. The van der Waals surface area contributed by atoms with Gasteiger partial charge in [0, 0.05) is 12.6 Å². The molecule has 154 valence electrons. The van der Waals surface area contributed by atoms with E-state index in [-0.39, 0.29) is 12.5 Å². The van der Waals surface area contributed by atoms with Crippen molar-refractivity contribution in [3.8, 4) is 5.75 Å². The third-order valence-electron chi connectivity index (χ3n) is 5.09. The maximum Gasteiger partial charge on any atom is 0.240 e. The van der Waals surface area contributed by atoms with E-state index in [4.69, 9.17) is 4.74 Å². The first kappa shape index (κ1) is 20.9. The number of carbonyl (C=O) groups excluding carboxylic acids is 1. The van der Waals surface area contributed by atoms with Crippen LogP contribution in [0.2, 0.25) is 0 Å². The van der Waals surface area contributed by atoms with E-state index >= 15 is 0 Å². The quantitative estimate of drug-likeness (QED) is 0.605. The Bertz CT molecular complexity index is 926. The Hall–Kier alpha value is -2.86. The van der Waals surface area contributed by atoms with Crippen molar-refractivity contribution >= 4 is 16.9 Å². The number of rotatable bonds is 9. The largest absolute Gasteiger partial charge is 0.486 e. The van der Waals surface area contributed by atoms with Crippen LogP contribution in [-0.4, -0.2) is 47.0 Å². The highest BCUT2D eigenvalue weighted by molar-refractivity contribution is 5.81. The fourth-order valence-electron chi connectivity index (χ4n) is 3.51. The number of likely N-dealkylation sites (N-methyl/N-ethyl adjacent to an activating group) is 1. The fourth-order valence-corrected chi connectivity index (χ4v) is 3.51. The number of benzene rings is 2. The van der Waals surface area contributed by atoms with E-state index in [1.165, 1.54) is 0 Å². The number of para-hydroxylation sites is 3. The Labute approximate surface area is 172 Å². The number of hydrogen-bond donors (Lipinski definition) is 1. The molecule has 1 aromatic heterocycles. The molecule has 3 rings (SSSR count). The van der Waals surface area contributed by atoms with Crippen LogP contribution in [0, 0.1) is 5.92 Å². The lowest BCUT2D eigenvalue weighted by Crippen LogP contribution is -2.44. The van der Waals surface area contributed by atoms with Crippen LogP contribution in [0.1, 0.15) is 19.7 Å². The van der Waals surface area contributed by atoms with Crippen molar-refractivity contribution in [1.82, 2.24) is 19.8 Å². The summed E-state index contributed by atoms with van der Waals surface area (Å²) < 4.78 is 7.82. The molecule has 1 amide bonds. The zero-order chi connectivity index (χ0) is 20.8. The third-order valence-corrected chi connectivity index (χ3v) is 5.09. The summed E-state index contributed by atoms with van der Waals surface area (Å²) in [6.07, 6.45) is 0. The van der Waals surface area contributed by atoms with Crippen molar-refractivity contribution in [2.45, 2.75) is 33.0 Å². The van der Waals surface area contributed by atoms with Crippen molar-refractivity contribution in [1.29, 1.82) is 0 Å². The Balaban J connectivity index is 1.74. The predicted octanol–water partition coefficient (Wildman–Crippen LogP) is 3.32. The molecule has 0 bridgehead atoms. The molecule has 0 aliphatic rings. The van der Waals surface area contributed by atoms with Gasteiger partial charge in [-0.05, 0) is 44.3 Å². The summed E-state index contributed by atoms with van der Waals surface area (Å²) >= 11 is 0. The number of ether oxygens (including phenoxy) is 1. The van der Waals surface area contributed by atoms with Crippen LogP contribution < -0.4 is 10.1 Å². The Morgan fingerprint density at radius 3 is 2.48 bits per heavy atom. The summed E-state index contributed by atoms with van der Waals surface area (Å²) in [7, 11) is 4.08. The molecule has 1 atom stereocenters. The molecule has 0 saturated heterocycles. The molecule has 29 heavy (non-hydrogen) atoms. The van der Waals surface area contributed by atoms with Gasteiger partial charge in [-0.25, -0.2) is 4.98 Å². The molecule has 1 N–H and O–H groups in total. The summed E-state index contributed by atoms with van der Waals surface area (Å²) in [5, 5.41) is 3.08. The third kappa shape index (κ3) is 5.35. The monoisotopic (exact) mass is 394 g/mol. The molecule has 0 aliphatic carbocycles. The minimum absolute atomic E-state index is 0.0263. The average molecular weight is 395 g/mol. The lowest BCUT2D eigenvalue weighted by atomic mass is 10.0. The van der Waals surface area contributed by atoms with Gasteiger partial charge in [0.1, 0.15) is 24.7 Å². The number of amides is 1. The van der Waals surface area contributed by atoms with Gasteiger partial charge in [-0.1, -0.05) is 44.2 Å². The van der Waals surface area contributed by atoms with Crippen molar-refractivity contribution in [2.75, 3.05) is 20.6 Å². The molecule has 0 radical (unpaired) electrons. The zero-order valence-corrected chi connectivity index (χ0v) is 17.6. The minimum atomic E-state index is -0.0263. The lowest BCUT2D eigenvalue weighted by Gasteiger charge is -2.28. The number of imidazole rings is 1. The van der Waals surface area contributed by atoms with Gasteiger partial charge in [0.05, 0.1) is 11.0 Å². The Kier molecular flexibility index (Phi) is 6.88. The molecule has 1 heterocycles. The highest BCUT2D eigenvalue weighted by Gasteiger charge is 2.18. The van der Waals surface area contributed by atoms with Gasteiger partial charge >= 0.3 is 0 Å². The summed E-state index contributed by atoms with van der Waals surface area (Å²) in [5.41, 5.74) is 1.79. The van der Waals surface area contributed by atoms with Crippen molar-refractivity contribution in [3.63, 3.8) is 0 Å². The summed E-state index contributed by atoms with van der Waals surface area (Å²) in [6.45, 7) is 5.47. The van der Waals surface area contributed by atoms with Crippen LogP contribution in [0.15, 0.2) is 54.6 Å². The highest BCUT2D eigenvalue weighted by Crippen LogP contribution is 2.18. The highest BCUT2D eigenvalue weighted by atomic mass is 16.5. The van der Waals surface area contributed by atoms with Gasteiger partial charge in [0.2, 0.25) is 5.91 Å².